The van der Waals surface area contributed by atoms with E-state index in [9.17, 15) is 0 Å². The average Bonchev–Trinajstić information content (AvgIpc) is 2.54. The molecule has 1 rings (SSSR count). The molecule has 0 fully saturated rings. The van der Waals surface area contributed by atoms with Gasteiger partial charge in [-0.15, -0.1) is 11.3 Å². The minimum atomic E-state index is 1.02. The molecule has 0 atom stereocenters. The van der Waals surface area contributed by atoms with Crippen LogP contribution in [0.4, 0.5) is 5.13 Å². The van der Waals surface area contributed by atoms with E-state index in [1.165, 1.54) is 11.3 Å². The Morgan fingerprint density at radius 1 is 1.33 bits per heavy atom. The molecule has 4 heteroatoms. The maximum Gasteiger partial charge on any atom is 0.185 e. The van der Waals surface area contributed by atoms with Crippen molar-refractivity contribution in [2.45, 2.75) is 27.2 Å². The molecular formula is C11H21N3S. The molecule has 0 aromatic carbocycles. The van der Waals surface area contributed by atoms with Gasteiger partial charge in [-0.2, -0.15) is 0 Å². The highest BCUT2D eigenvalue weighted by Crippen LogP contribution is 2.23. The van der Waals surface area contributed by atoms with E-state index in [4.69, 9.17) is 0 Å². The molecule has 1 aromatic heterocycles. The van der Waals surface area contributed by atoms with E-state index in [-0.39, 0.29) is 0 Å². The van der Waals surface area contributed by atoms with Crippen molar-refractivity contribution in [2.24, 2.45) is 0 Å². The van der Waals surface area contributed by atoms with Crippen molar-refractivity contribution in [1.29, 1.82) is 0 Å². The van der Waals surface area contributed by atoms with E-state index in [1.54, 1.807) is 11.3 Å². The second-order valence-corrected chi connectivity index (χ2v) is 4.99. The fraction of sp³-hybridized carbons (Fsp3) is 0.727. The van der Waals surface area contributed by atoms with Crippen molar-refractivity contribution in [3.05, 3.63) is 10.6 Å². The summed E-state index contributed by atoms with van der Waals surface area (Å²) in [6, 6.07) is 0. The minimum Gasteiger partial charge on any atom is -0.350 e. The Hall–Kier alpha value is -0.610. The monoisotopic (exact) mass is 227 g/mol. The largest absolute Gasteiger partial charge is 0.350 e. The van der Waals surface area contributed by atoms with Crippen LogP contribution in [0.25, 0.3) is 0 Å². The van der Waals surface area contributed by atoms with E-state index < -0.39 is 0 Å². The van der Waals surface area contributed by atoms with E-state index in [0.29, 0.717) is 0 Å². The number of hydrogen-bond acceptors (Lipinski definition) is 4. The lowest BCUT2D eigenvalue weighted by atomic mass is 10.4. The number of aryl methyl sites for hydroxylation is 2. The zero-order chi connectivity index (χ0) is 11.3. The van der Waals surface area contributed by atoms with Crippen molar-refractivity contribution in [2.75, 3.05) is 31.6 Å². The molecule has 86 valence electrons. The highest BCUT2D eigenvalue weighted by atomic mass is 32.1. The lowest BCUT2D eigenvalue weighted by Crippen LogP contribution is -2.29. The Morgan fingerprint density at radius 3 is 2.60 bits per heavy atom. The fourth-order valence-electron chi connectivity index (χ4n) is 1.26. The number of hydrogen-bond donors (Lipinski definition) is 1. The summed E-state index contributed by atoms with van der Waals surface area (Å²) in [7, 11) is 2.10. The molecule has 3 nitrogen and oxygen atoms in total. The van der Waals surface area contributed by atoms with E-state index in [0.717, 1.165) is 30.5 Å². The van der Waals surface area contributed by atoms with Crippen LogP contribution in [-0.2, 0) is 0 Å². The first-order valence-corrected chi connectivity index (χ1v) is 6.32. The van der Waals surface area contributed by atoms with Gasteiger partial charge in [-0.1, -0.05) is 6.92 Å². The number of likely N-dealkylation sites (N-methyl/N-ethyl adjacent to an activating group) is 1. The maximum absolute atomic E-state index is 4.53. The van der Waals surface area contributed by atoms with Crippen LogP contribution in [0.1, 0.15) is 23.9 Å². The molecule has 0 amide bonds. The third kappa shape index (κ3) is 3.80. The van der Waals surface area contributed by atoms with Gasteiger partial charge in [0, 0.05) is 25.0 Å². The summed E-state index contributed by atoms with van der Waals surface area (Å²) < 4.78 is 0. The van der Waals surface area contributed by atoms with Crippen molar-refractivity contribution >= 4 is 16.5 Å². The number of nitrogens with one attached hydrogen (secondary N) is 1. The maximum atomic E-state index is 4.53. The summed E-state index contributed by atoms with van der Waals surface area (Å²) in [5.41, 5.74) is 1.16. The Bertz CT molecular complexity index is 277. The molecule has 0 aliphatic rings. The van der Waals surface area contributed by atoms with Gasteiger partial charge in [-0.05, 0) is 26.8 Å². The standard InChI is InChI=1S/C11H21N3S/c1-5-6-12-7-8-14(4)11-13-9(2)10(3)15-11/h12H,5-8H2,1-4H3. The molecule has 0 radical (unpaired) electrons. The number of nitrogens with zero attached hydrogens (tertiary/aromatic N) is 2. The summed E-state index contributed by atoms with van der Waals surface area (Å²) in [4.78, 5) is 8.06. The molecule has 0 aliphatic carbocycles. The van der Waals surface area contributed by atoms with Crippen LogP contribution in [0.2, 0.25) is 0 Å². The van der Waals surface area contributed by atoms with Crippen LogP contribution >= 0.6 is 11.3 Å². The Labute approximate surface area is 96.5 Å². The van der Waals surface area contributed by atoms with Crippen LogP contribution in [0.15, 0.2) is 0 Å². The van der Waals surface area contributed by atoms with Gasteiger partial charge in [0.15, 0.2) is 5.13 Å². The normalized spacial score (nSPS) is 10.7. The zero-order valence-corrected chi connectivity index (χ0v) is 10.9. The van der Waals surface area contributed by atoms with Crippen molar-refractivity contribution in [1.82, 2.24) is 10.3 Å². The van der Waals surface area contributed by atoms with Crippen molar-refractivity contribution in [3.63, 3.8) is 0 Å². The van der Waals surface area contributed by atoms with Crippen LogP contribution < -0.4 is 10.2 Å². The Kier molecular flexibility index (Phi) is 5.05. The SMILES string of the molecule is CCCNCCN(C)c1nc(C)c(C)s1. The Morgan fingerprint density at radius 2 is 2.07 bits per heavy atom. The highest BCUT2D eigenvalue weighted by Gasteiger charge is 2.07. The van der Waals surface area contributed by atoms with Crippen LogP contribution in [-0.4, -0.2) is 31.7 Å². The first kappa shape index (κ1) is 12.5. The number of thiazole rings is 1. The number of rotatable bonds is 6. The second kappa shape index (κ2) is 6.08. The average molecular weight is 227 g/mol. The lowest BCUT2D eigenvalue weighted by molar-refractivity contribution is 0.665. The van der Waals surface area contributed by atoms with Gasteiger partial charge < -0.3 is 10.2 Å². The zero-order valence-electron chi connectivity index (χ0n) is 10.1. The second-order valence-electron chi connectivity index (χ2n) is 3.81. The molecule has 1 aromatic rings. The van der Waals surface area contributed by atoms with E-state index in [1.807, 2.05) is 0 Å². The molecular weight excluding hydrogens is 206 g/mol. The van der Waals surface area contributed by atoms with Crippen LogP contribution in [0.3, 0.4) is 0 Å². The fourth-order valence-corrected chi connectivity index (χ4v) is 2.16. The van der Waals surface area contributed by atoms with Crippen molar-refractivity contribution in [3.8, 4) is 0 Å². The topological polar surface area (TPSA) is 28.2 Å². The van der Waals surface area contributed by atoms with Gasteiger partial charge >= 0.3 is 0 Å². The van der Waals surface area contributed by atoms with Gasteiger partial charge in [0.25, 0.3) is 0 Å². The van der Waals surface area contributed by atoms with Gasteiger partial charge in [0.1, 0.15) is 0 Å². The third-order valence-corrected chi connectivity index (χ3v) is 3.58. The minimum absolute atomic E-state index is 1.02. The summed E-state index contributed by atoms with van der Waals surface area (Å²) in [5.74, 6) is 0. The van der Waals surface area contributed by atoms with Crippen LogP contribution in [0.5, 0.6) is 0 Å². The molecule has 1 N–H and O–H groups in total. The van der Waals surface area contributed by atoms with Crippen LogP contribution in [0, 0.1) is 13.8 Å². The summed E-state index contributed by atoms with van der Waals surface area (Å²) in [5, 5.41) is 4.52. The highest BCUT2D eigenvalue weighted by molar-refractivity contribution is 7.15. The van der Waals surface area contributed by atoms with Crippen molar-refractivity contribution < 1.29 is 0 Å². The molecule has 0 aliphatic heterocycles. The molecule has 0 bridgehead atoms. The van der Waals surface area contributed by atoms with E-state index >= 15 is 0 Å². The smallest absolute Gasteiger partial charge is 0.185 e. The number of aromatic nitrogens is 1. The lowest BCUT2D eigenvalue weighted by Gasteiger charge is -2.15. The summed E-state index contributed by atoms with van der Waals surface area (Å²) >= 11 is 1.77. The predicted octanol–water partition coefficient (Wildman–Crippen LogP) is 2.20. The summed E-state index contributed by atoms with van der Waals surface area (Å²) in [6.07, 6.45) is 1.19. The van der Waals surface area contributed by atoms with Gasteiger partial charge in [0.2, 0.25) is 0 Å². The molecule has 15 heavy (non-hydrogen) atoms. The molecule has 0 spiro atoms. The third-order valence-electron chi connectivity index (χ3n) is 2.39. The first-order valence-electron chi connectivity index (χ1n) is 5.51. The predicted molar refractivity (Wildman–Crippen MR) is 68.0 cm³/mol. The quantitative estimate of drug-likeness (QED) is 0.755. The number of anilines is 1. The van der Waals surface area contributed by atoms with Gasteiger partial charge in [0.05, 0.1) is 5.69 Å². The molecule has 0 unspecified atom stereocenters. The Balaban J connectivity index is 2.36. The summed E-state index contributed by atoms with van der Waals surface area (Å²) in [6.45, 7) is 9.53. The first-order chi connectivity index (χ1) is 7.15. The molecule has 1 heterocycles. The van der Waals surface area contributed by atoms with Gasteiger partial charge in [-0.25, -0.2) is 4.98 Å². The molecule has 0 saturated carbocycles. The van der Waals surface area contributed by atoms with E-state index in [2.05, 4.69) is 43.0 Å². The van der Waals surface area contributed by atoms with Gasteiger partial charge in [-0.3, -0.25) is 0 Å². The molecule has 0 saturated heterocycles.